The summed E-state index contributed by atoms with van der Waals surface area (Å²) in [5.74, 6) is 0.695. The summed E-state index contributed by atoms with van der Waals surface area (Å²) in [5, 5.41) is 31.5. The summed E-state index contributed by atoms with van der Waals surface area (Å²) < 4.78 is 5.84. The molecule has 0 radical (unpaired) electrons. The van der Waals surface area contributed by atoms with Gasteiger partial charge in [0.2, 0.25) is 0 Å². The Kier molecular flexibility index (Phi) is 8.68. The molecular weight excluding hydrogens is 396 g/mol. The van der Waals surface area contributed by atoms with Crippen LogP contribution in [0.3, 0.4) is 0 Å². The minimum Gasteiger partial charge on any atom is -0.488 e. The topological polar surface area (TPSA) is 69.9 Å². The van der Waals surface area contributed by atoms with Crippen LogP contribution < -0.4 is 4.74 Å². The number of rotatable bonds is 11. The van der Waals surface area contributed by atoms with Crippen molar-refractivity contribution in [3.8, 4) is 5.75 Å². The van der Waals surface area contributed by atoms with E-state index in [1.807, 2.05) is 0 Å². The molecule has 1 aromatic carbocycles. The summed E-state index contributed by atoms with van der Waals surface area (Å²) in [5.41, 5.74) is 2.11. The molecule has 0 aliphatic carbocycles. The van der Waals surface area contributed by atoms with Crippen molar-refractivity contribution in [2.75, 3.05) is 0 Å². The lowest BCUT2D eigenvalue weighted by Gasteiger charge is -2.41. The number of ether oxygens (including phenoxy) is 1. The predicted molar refractivity (Wildman–Crippen MR) is 124 cm³/mol. The zero-order valence-corrected chi connectivity index (χ0v) is 19.6. The molecular formula is C25H36O4S. The van der Waals surface area contributed by atoms with Crippen LogP contribution in [0.15, 0.2) is 41.8 Å². The molecule has 3 N–H and O–H groups in total. The Balaban J connectivity index is 2.04. The zero-order chi connectivity index (χ0) is 22.4. The molecule has 0 saturated heterocycles. The van der Waals surface area contributed by atoms with Crippen LogP contribution in [-0.4, -0.2) is 20.9 Å². The average Bonchev–Trinajstić information content (AvgIpc) is 3.21. The van der Waals surface area contributed by atoms with Crippen LogP contribution in [0.25, 0.3) is 5.57 Å². The fourth-order valence-corrected chi connectivity index (χ4v) is 4.58. The molecule has 5 heteroatoms. The van der Waals surface area contributed by atoms with Crippen molar-refractivity contribution in [2.45, 2.75) is 78.8 Å². The largest absolute Gasteiger partial charge is 0.488 e. The lowest BCUT2D eigenvalue weighted by Crippen LogP contribution is -2.43. The van der Waals surface area contributed by atoms with Crippen molar-refractivity contribution in [3.05, 3.63) is 57.8 Å². The monoisotopic (exact) mass is 432 g/mol. The van der Waals surface area contributed by atoms with Crippen LogP contribution in [0, 0.1) is 5.41 Å². The zero-order valence-electron chi connectivity index (χ0n) is 18.8. The van der Waals surface area contributed by atoms with Crippen molar-refractivity contribution >= 4 is 16.9 Å². The van der Waals surface area contributed by atoms with Crippen molar-refractivity contribution in [2.24, 2.45) is 5.41 Å². The summed E-state index contributed by atoms with van der Waals surface area (Å²) in [4.78, 5) is 1.13. The van der Waals surface area contributed by atoms with Gasteiger partial charge in [-0.15, -0.1) is 11.3 Å². The van der Waals surface area contributed by atoms with Gasteiger partial charge in [0.1, 0.15) is 12.4 Å². The second-order valence-electron chi connectivity index (χ2n) is 8.44. The first-order valence-corrected chi connectivity index (χ1v) is 11.6. The van der Waals surface area contributed by atoms with Gasteiger partial charge >= 0.3 is 0 Å². The summed E-state index contributed by atoms with van der Waals surface area (Å²) in [6.45, 7) is 11.0. The lowest BCUT2D eigenvalue weighted by molar-refractivity contribution is -0.0716. The SMILES string of the molecule is CCC(=CCC(C)(C)C(O)(CC)CC)c1csc(COc2ccc(C(O)O)cc2)c1. The maximum Gasteiger partial charge on any atom is 0.178 e. The fraction of sp³-hybridized carbons (Fsp3) is 0.520. The molecule has 0 unspecified atom stereocenters. The van der Waals surface area contributed by atoms with E-state index in [1.165, 1.54) is 11.1 Å². The van der Waals surface area contributed by atoms with Gasteiger partial charge in [0, 0.05) is 10.4 Å². The number of thiophene rings is 1. The quantitative estimate of drug-likeness (QED) is 0.377. The maximum atomic E-state index is 11.0. The third-order valence-electron chi connectivity index (χ3n) is 6.25. The smallest absolute Gasteiger partial charge is 0.178 e. The molecule has 4 nitrogen and oxygen atoms in total. The van der Waals surface area contributed by atoms with E-state index in [2.05, 4.69) is 52.1 Å². The number of aliphatic hydroxyl groups is 3. The molecule has 0 aliphatic rings. The Morgan fingerprint density at radius 3 is 2.27 bits per heavy atom. The fourth-order valence-electron chi connectivity index (χ4n) is 3.76. The molecule has 0 saturated carbocycles. The Labute approximate surface area is 184 Å². The van der Waals surface area contributed by atoms with Gasteiger partial charge in [0.15, 0.2) is 6.29 Å². The molecule has 0 bridgehead atoms. The highest BCUT2D eigenvalue weighted by Gasteiger charge is 2.39. The molecule has 0 fully saturated rings. The average molecular weight is 433 g/mol. The third kappa shape index (κ3) is 5.94. The van der Waals surface area contributed by atoms with Gasteiger partial charge in [0.05, 0.1) is 5.60 Å². The van der Waals surface area contributed by atoms with E-state index in [-0.39, 0.29) is 5.41 Å². The second-order valence-corrected chi connectivity index (χ2v) is 9.44. The number of hydrogen-bond acceptors (Lipinski definition) is 5. The maximum absolute atomic E-state index is 11.0. The second kappa shape index (κ2) is 10.6. The Morgan fingerprint density at radius 1 is 1.10 bits per heavy atom. The van der Waals surface area contributed by atoms with Gasteiger partial charge < -0.3 is 20.1 Å². The molecule has 166 valence electrons. The Morgan fingerprint density at radius 2 is 1.73 bits per heavy atom. The molecule has 1 heterocycles. The minimum atomic E-state index is -1.46. The van der Waals surface area contributed by atoms with E-state index >= 15 is 0 Å². The number of aliphatic hydroxyl groups excluding tert-OH is 1. The number of hydrogen-bond donors (Lipinski definition) is 3. The van der Waals surface area contributed by atoms with Crippen LogP contribution in [0.4, 0.5) is 0 Å². The van der Waals surface area contributed by atoms with E-state index in [0.29, 0.717) is 17.9 Å². The molecule has 0 amide bonds. The van der Waals surface area contributed by atoms with Gasteiger partial charge in [-0.2, -0.15) is 0 Å². The number of benzene rings is 1. The van der Waals surface area contributed by atoms with Gasteiger partial charge in [-0.3, -0.25) is 0 Å². The summed E-state index contributed by atoms with van der Waals surface area (Å²) in [7, 11) is 0. The van der Waals surface area contributed by atoms with Crippen LogP contribution in [-0.2, 0) is 6.61 Å². The highest BCUT2D eigenvalue weighted by Crippen LogP contribution is 2.40. The van der Waals surface area contributed by atoms with E-state index in [4.69, 9.17) is 14.9 Å². The summed E-state index contributed by atoms with van der Waals surface area (Å²) in [6.07, 6.45) is 4.10. The van der Waals surface area contributed by atoms with Crippen molar-refractivity contribution in [1.29, 1.82) is 0 Å². The van der Waals surface area contributed by atoms with Gasteiger partial charge in [-0.1, -0.05) is 52.8 Å². The highest BCUT2D eigenvalue weighted by atomic mass is 32.1. The van der Waals surface area contributed by atoms with E-state index < -0.39 is 11.9 Å². The third-order valence-corrected chi connectivity index (χ3v) is 7.16. The van der Waals surface area contributed by atoms with E-state index in [0.717, 1.165) is 30.6 Å². The molecule has 30 heavy (non-hydrogen) atoms. The van der Waals surface area contributed by atoms with E-state index in [1.54, 1.807) is 35.6 Å². The molecule has 0 spiro atoms. The van der Waals surface area contributed by atoms with Crippen LogP contribution >= 0.6 is 11.3 Å². The molecule has 1 aromatic heterocycles. The standard InChI is InChI=1S/C25H36O4S/c1-6-18(13-14-24(4,5)25(28,7-2)8-3)20-15-22(30-17-20)16-29-21-11-9-19(10-12-21)23(26)27/h9-13,15,17,23,26-28H,6-8,14,16H2,1-5H3. The van der Waals surface area contributed by atoms with Gasteiger partial charge in [-0.05, 0) is 65.8 Å². The van der Waals surface area contributed by atoms with Gasteiger partial charge in [0.25, 0.3) is 0 Å². The lowest BCUT2D eigenvalue weighted by atomic mass is 9.69. The molecule has 0 atom stereocenters. The highest BCUT2D eigenvalue weighted by molar-refractivity contribution is 7.10. The van der Waals surface area contributed by atoms with Crippen LogP contribution in [0.1, 0.15) is 82.6 Å². The molecule has 0 aliphatic heterocycles. The van der Waals surface area contributed by atoms with Crippen LogP contribution in [0.5, 0.6) is 5.75 Å². The predicted octanol–water partition coefficient (Wildman–Crippen LogP) is 6.07. The van der Waals surface area contributed by atoms with Crippen molar-refractivity contribution in [3.63, 3.8) is 0 Å². The van der Waals surface area contributed by atoms with E-state index in [9.17, 15) is 5.11 Å². The molecule has 2 rings (SSSR count). The van der Waals surface area contributed by atoms with Crippen molar-refractivity contribution < 1.29 is 20.1 Å². The number of allylic oxidation sites excluding steroid dienone is 2. The summed E-state index contributed by atoms with van der Waals surface area (Å²) in [6, 6.07) is 8.95. The first-order chi connectivity index (χ1) is 14.2. The first kappa shape index (κ1) is 24.6. The Hall–Kier alpha value is -1.66. The Bertz CT molecular complexity index is 814. The van der Waals surface area contributed by atoms with Gasteiger partial charge in [-0.25, -0.2) is 0 Å². The minimum absolute atomic E-state index is 0.187. The first-order valence-electron chi connectivity index (χ1n) is 10.7. The summed E-state index contributed by atoms with van der Waals surface area (Å²) >= 11 is 1.67. The normalized spacial score (nSPS) is 13.2. The van der Waals surface area contributed by atoms with Crippen LogP contribution in [0.2, 0.25) is 0 Å². The van der Waals surface area contributed by atoms with Crippen molar-refractivity contribution in [1.82, 2.24) is 0 Å². The molecule has 2 aromatic rings.